The van der Waals surface area contributed by atoms with Crippen molar-refractivity contribution in [1.82, 2.24) is 0 Å². The number of nitrogens with zero attached hydrogens (tertiary/aromatic N) is 1. The van der Waals surface area contributed by atoms with E-state index in [1.54, 1.807) is 32.4 Å². The van der Waals surface area contributed by atoms with Crippen LogP contribution in [0.3, 0.4) is 0 Å². The molecule has 0 atom stereocenters. The number of methoxy groups -OCH3 is 2. The second-order valence-electron chi connectivity index (χ2n) is 7.62. The summed E-state index contributed by atoms with van der Waals surface area (Å²) in [6.07, 6.45) is 1.03. The Morgan fingerprint density at radius 2 is 1.39 bits per heavy atom. The minimum absolute atomic E-state index is 0.179. The average molecular weight is 501 g/mol. The van der Waals surface area contributed by atoms with Crippen LogP contribution < -0.4 is 14.8 Å². The number of carbonyl (C=O) groups excluding carboxylic acids is 1. The molecule has 0 aromatic heterocycles. The van der Waals surface area contributed by atoms with Crippen LogP contribution in [-0.2, 0) is 17.6 Å². The Morgan fingerprint density at radius 1 is 0.848 bits per heavy atom. The molecular formula is C25H22Cl2N2O3S. The predicted molar refractivity (Wildman–Crippen MR) is 136 cm³/mol. The summed E-state index contributed by atoms with van der Waals surface area (Å²) in [5.41, 5.74) is 2.76. The van der Waals surface area contributed by atoms with Gasteiger partial charge >= 0.3 is 0 Å². The van der Waals surface area contributed by atoms with Gasteiger partial charge in [0.05, 0.1) is 24.3 Å². The molecule has 3 aromatic carbocycles. The van der Waals surface area contributed by atoms with E-state index in [9.17, 15) is 4.79 Å². The van der Waals surface area contributed by atoms with Gasteiger partial charge in [-0.3, -0.25) is 4.79 Å². The van der Waals surface area contributed by atoms with Gasteiger partial charge in [0.25, 0.3) is 5.91 Å². The molecule has 1 aliphatic heterocycles. The van der Waals surface area contributed by atoms with E-state index in [4.69, 9.17) is 32.7 Å². The summed E-state index contributed by atoms with van der Waals surface area (Å²) >= 11 is 13.6. The number of amidine groups is 1. The number of halogens is 2. The third-order valence-electron chi connectivity index (χ3n) is 5.35. The number of hydrogen-bond donors (Lipinski definition) is 1. The Balaban J connectivity index is 1.61. The maximum absolute atomic E-state index is 13.3. The van der Waals surface area contributed by atoms with Crippen LogP contribution in [0.5, 0.6) is 11.5 Å². The lowest BCUT2D eigenvalue weighted by molar-refractivity contribution is -0.119. The number of nitrogens with one attached hydrogen (secondary N) is 1. The lowest BCUT2D eigenvalue weighted by Gasteiger charge is -2.26. The molecule has 8 heteroatoms. The second-order valence-corrected chi connectivity index (χ2v) is 9.81. The van der Waals surface area contributed by atoms with Crippen LogP contribution in [0.2, 0.25) is 10.0 Å². The minimum Gasteiger partial charge on any atom is -0.497 e. The fraction of sp³-hybridized carbons (Fsp3) is 0.200. The Hall–Kier alpha value is -2.67. The molecule has 33 heavy (non-hydrogen) atoms. The number of anilines is 1. The van der Waals surface area contributed by atoms with E-state index < -0.39 is 4.75 Å². The molecule has 0 bridgehead atoms. The third-order valence-corrected chi connectivity index (χ3v) is 7.33. The Morgan fingerprint density at radius 3 is 1.88 bits per heavy atom. The van der Waals surface area contributed by atoms with Crippen molar-refractivity contribution in [3.05, 3.63) is 87.9 Å². The van der Waals surface area contributed by atoms with Gasteiger partial charge in [-0.2, -0.15) is 4.99 Å². The zero-order chi connectivity index (χ0) is 23.4. The molecule has 170 valence electrons. The van der Waals surface area contributed by atoms with E-state index in [-0.39, 0.29) is 5.91 Å². The van der Waals surface area contributed by atoms with Gasteiger partial charge < -0.3 is 14.8 Å². The molecule has 1 heterocycles. The van der Waals surface area contributed by atoms with E-state index in [1.165, 1.54) is 11.8 Å². The van der Waals surface area contributed by atoms with Crippen molar-refractivity contribution < 1.29 is 14.3 Å². The highest BCUT2D eigenvalue weighted by atomic mass is 35.5. The van der Waals surface area contributed by atoms with Crippen molar-refractivity contribution in [3.8, 4) is 11.5 Å². The maximum Gasteiger partial charge on any atom is 0.265 e. The molecule has 1 aliphatic rings. The number of hydrogen-bond acceptors (Lipinski definition) is 5. The van der Waals surface area contributed by atoms with Crippen LogP contribution in [0, 0.1) is 0 Å². The molecule has 0 aliphatic carbocycles. The van der Waals surface area contributed by atoms with E-state index >= 15 is 0 Å². The summed E-state index contributed by atoms with van der Waals surface area (Å²) in [6, 6.07) is 20.7. The predicted octanol–water partition coefficient (Wildman–Crippen LogP) is 6.28. The van der Waals surface area contributed by atoms with Crippen LogP contribution in [0.25, 0.3) is 0 Å². The monoisotopic (exact) mass is 500 g/mol. The van der Waals surface area contributed by atoms with Gasteiger partial charge in [-0.1, -0.05) is 59.2 Å². The SMILES string of the molecule is COc1ccc(CC2(Cc3ccc(OC)cc3)SC(Nc3ccc(Cl)c(Cl)c3)=NC2=O)cc1. The van der Waals surface area contributed by atoms with Crippen molar-refractivity contribution in [3.63, 3.8) is 0 Å². The molecule has 0 radical (unpaired) electrons. The first-order valence-electron chi connectivity index (χ1n) is 10.2. The highest BCUT2D eigenvalue weighted by Gasteiger charge is 2.45. The molecule has 0 saturated heterocycles. The second kappa shape index (κ2) is 10.1. The summed E-state index contributed by atoms with van der Waals surface area (Å²) < 4.78 is 9.75. The van der Waals surface area contributed by atoms with Crippen LogP contribution in [0.1, 0.15) is 11.1 Å². The lowest BCUT2D eigenvalue weighted by atomic mass is 9.90. The van der Waals surface area contributed by atoms with Gasteiger partial charge in [-0.05, 0) is 66.4 Å². The highest BCUT2D eigenvalue weighted by Crippen LogP contribution is 2.41. The number of aliphatic imine (C=N–C) groups is 1. The normalized spacial score (nSPS) is 14.7. The van der Waals surface area contributed by atoms with Crippen molar-refractivity contribution >= 4 is 51.7 Å². The van der Waals surface area contributed by atoms with Gasteiger partial charge in [0, 0.05) is 5.69 Å². The molecule has 4 rings (SSSR count). The molecule has 0 saturated carbocycles. The smallest absolute Gasteiger partial charge is 0.265 e. The van der Waals surface area contributed by atoms with Gasteiger partial charge in [0.1, 0.15) is 16.2 Å². The summed E-state index contributed by atoms with van der Waals surface area (Å²) in [5, 5.41) is 4.63. The fourth-order valence-electron chi connectivity index (χ4n) is 3.63. The van der Waals surface area contributed by atoms with E-state index in [0.717, 1.165) is 22.6 Å². The van der Waals surface area contributed by atoms with Gasteiger partial charge in [-0.25, -0.2) is 0 Å². The summed E-state index contributed by atoms with van der Waals surface area (Å²) in [7, 11) is 3.26. The molecular weight excluding hydrogens is 479 g/mol. The van der Waals surface area contributed by atoms with Crippen molar-refractivity contribution in [1.29, 1.82) is 0 Å². The number of rotatable bonds is 7. The Bertz CT molecular complexity index is 1130. The Kier molecular flexibility index (Phi) is 7.17. The van der Waals surface area contributed by atoms with Gasteiger partial charge in [0.2, 0.25) is 0 Å². The Labute approximate surface area is 207 Å². The average Bonchev–Trinajstić information content (AvgIpc) is 3.11. The maximum atomic E-state index is 13.3. The topological polar surface area (TPSA) is 59.9 Å². The van der Waals surface area contributed by atoms with Crippen LogP contribution in [0.4, 0.5) is 5.69 Å². The molecule has 0 unspecified atom stereocenters. The number of carbonyl (C=O) groups is 1. The van der Waals surface area contributed by atoms with Crippen molar-refractivity contribution in [2.75, 3.05) is 19.5 Å². The number of amides is 1. The molecule has 0 spiro atoms. The molecule has 1 amide bonds. The summed E-state index contributed by atoms with van der Waals surface area (Å²) in [5.74, 6) is 1.36. The quantitative estimate of drug-likeness (QED) is 0.413. The van der Waals surface area contributed by atoms with Crippen LogP contribution in [-0.4, -0.2) is 30.0 Å². The first kappa shape index (κ1) is 23.5. The largest absolute Gasteiger partial charge is 0.497 e. The van der Waals surface area contributed by atoms with Crippen LogP contribution in [0.15, 0.2) is 71.7 Å². The zero-order valence-corrected chi connectivity index (χ0v) is 20.4. The molecule has 0 fully saturated rings. The highest BCUT2D eigenvalue weighted by molar-refractivity contribution is 8.16. The number of thioether (sulfide) groups is 1. The standard InChI is InChI=1S/C25H22Cl2N2O3S/c1-31-19-8-3-16(4-9-19)14-25(15-17-5-10-20(32-2)11-6-17)23(30)29-24(33-25)28-18-7-12-21(26)22(27)13-18/h3-13H,14-15H2,1-2H3,(H,28,29,30). The molecule has 5 nitrogen and oxygen atoms in total. The summed E-state index contributed by atoms with van der Waals surface area (Å²) in [6.45, 7) is 0. The summed E-state index contributed by atoms with van der Waals surface area (Å²) in [4.78, 5) is 17.7. The van der Waals surface area contributed by atoms with Crippen LogP contribution >= 0.6 is 35.0 Å². The first-order valence-corrected chi connectivity index (χ1v) is 11.8. The minimum atomic E-state index is -0.790. The molecule has 3 aromatic rings. The van der Waals surface area contributed by atoms with E-state index in [1.807, 2.05) is 48.5 Å². The van der Waals surface area contributed by atoms with E-state index in [0.29, 0.717) is 33.7 Å². The van der Waals surface area contributed by atoms with E-state index in [2.05, 4.69) is 10.3 Å². The third kappa shape index (κ3) is 5.46. The lowest BCUT2D eigenvalue weighted by Crippen LogP contribution is -2.36. The number of ether oxygens (including phenoxy) is 2. The van der Waals surface area contributed by atoms with Gasteiger partial charge in [-0.15, -0.1) is 0 Å². The van der Waals surface area contributed by atoms with Gasteiger partial charge in [0.15, 0.2) is 5.17 Å². The van der Waals surface area contributed by atoms with Crippen molar-refractivity contribution in [2.45, 2.75) is 17.6 Å². The number of benzene rings is 3. The van der Waals surface area contributed by atoms with Crippen molar-refractivity contribution in [2.24, 2.45) is 4.99 Å². The fourth-order valence-corrected chi connectivity index (χ4v) is 5.20. The zero-order valence-electron chi connectivity index (χ0n) is 18.1. The first-order chi connectivity index (χ1) is 15.9. The molecule has 1 N–H and O–H groups in total.